The van der Waals surface area contributed by atoms with Crippen LogP contribution in [0.25, 0.3) is 0 Å². The van der Waals surface area contributed by atoms with Crippen molar-refractivity contribution < 1.29 is 14.7 Å². The van der Waals surface area contributed by atoms with Crippen molar-refractivity contribution in [2.75, 3.05) is 10.6 Å². The molecule has 0 bridgehead atoms. The molecule has 108 valence electrons. The molecule has 0 aliphatic carbocycles. The highest BCUT2D eigenvalue weighted by Gasteiger charge is 2.11. The number of urea groups is 1. The molecule has 0 fully saturated rings. The maximum Gasteiger partial charge on any atom is 0.336 e. The number of carbonyl (C=O) groups is 2. The van der Waals surface area contributed by atoms with Gasteiger partial charge < -0.3 is 15.7 Å². The van der Waals surface area contributed by atoms with E-state index in [-0.39, 0.29) is 5.56 Å². The lowest BCUT2D eigenvalue weighted by Gasteiger charge is -2.10. The summed E-state index contributed by atoms with van der Waals surface area (Å²) in [7, 11) is 0. The molecule has 2 amide bonds. The molecule has 0 aromatic heterocycles. The number of halogens is 2. The Hall–Kier alpha value is -2.05. The number of carbonyl (C=O) groups excluding carboxylic acids is 1. The van der Waals surface area contributed by atoms with E-state index in [4.69, 9.17) is 16.7 Å². The van der Waals surface area contributed by atoms with Crippen molar-refractivity contribution in [1.82, 2.24) is 0 Å². The first-order valence-electron chi connectivity index (χ1n) is 5.83. The van der Waals surface area contributed by atoms with Gasteiger partial charge in [-0.2, -0.15) is 0 Å². The lowest BCUT2D eigenvalue weighted by atomic mass is 10.2. The highest BCUT2D eigenvalue weighted by Crippen LogP contribution is 2.23. The third-order valence-corrected chi connectivity index (χ3v) is 3.60. The van der Waals surface area contributed by atoms with Crippen LogP contribution in [-0.2, 0) is 0 Å². The first-order chi connectivity index (χ1) is 9.97. The maximum absolute atomic E-state index is 11.9. The van der Waals surface area contributed by atoms with Gasteiger partial charge in [-0.05, 0) is 46.3 Å². The van der Waals surface area contributed by atoms with Crippen LogP contribution in [0.2, 0.25) is 5.02 Å². The SMILES string of the molecule is O=C(Nc1ccc(Br)c(C(=O)O)c1)Nc1ccccc1Cl. The summed E-state index contributed by atoms with van der Waals surface area (Å²) < 4.78 is 0.437. The first-order valence-corrected chi connectivity index (χ1v) is 7.00. The molecule has 0 atom stereocenters. The second-order valence-corrected chi connectivity index (χ2v) is 5.32. The summed E-state index contributed by atoms with van der Waals surface area (Å²) in [6.07, 6.45) is 0. The molecule has 0 radical (unpaired) electrons. The zero-order chi connectivity index (χ0) is 15.4. The summed E-state index contributed by atoms with van der Waals surface area (Å²) in [5.41, 5.74) is 0.887. The van der Waals surface area contributed by atoms with Crippen LogP contribution < -0.4 is 10.6 Å². The number of anilines is 2. The Kier molecular flexibility index (Phi) is 4.82. The van der Waals surface area contributed by atoms with Gasteiger partial charge in [0.25, 0.3) is 0 Å². The molecule has 0 saturated heterocycles. The monoisotopic (exact) mass is 368 g/mol. The fourth-order valence-corrected chi connectivity index (χ4v) is 2.21. The summed E-state index contributed by atoms with van der Waals surface area (Å²) in [5, 5.41) is 14.6. The molecule has 21 heavy (non-hydrogen) atoms. The minimum absolute atomic E-state index is 0.0607. The number of rotatable bonds is 3. The van der Waals surface area contributed by atoms with Gasteiger partial charge in [0.15, 0.2) is 0 Å². The normalized spacial score (nSPS) is 10.0. The predicted molar refractivity (Wildman–Crippen MR) is 85.2 cm³/mol. The fourth-order valence-electron chi connectivity index (χ4n) is 1.61. The zero-order valence-electron chi connectivity index (χ0n) is 10.6. The average Bonchev–Trinajstić information content (AvgIpc) is 2.43. The van der Waals surface area contributed by atoms with Crippen LogP contribution >= 0.6 is 27.5 Å². The molecule has 0 heterocycles. The average molecular weight is 370 g/mol. The Morgan fingerprint density at radius 3 is 2.48 bits per heavy atom. The van der Waals surface area contributed by atoms with Gasteiger partial charge in [-0.15, -0.1) is 0 Å². The van der Waals surface area contributed by atoms with Crippen LogP contribution in [0.4, 0.5) is 16.2 Å². The van der Waals surface area contributed by atoms with E-state index in [2.05, 4.69) is 26.6 Å². The minimum Gasteiger partial charge on any atom is -0.478 e. The number of carboxylic acids is 1. The third-order valence-electron chi connectivity index (χ3n) is 2.58. The number of carboxylic acid groups (broad SMARTS) is 1. The summed E-state index contributed by atoms with van der Waals surface area (Å²) in [4.78, 5) is 22.9. The summed E-state index contributed by atoms with van der Waals surface area (Å²) >= 11 is 9.07. The quantitative estimate of drug-likeness (QED) is 0.748. The summed E-state index contributed by atoms with van der Waals surface area (Å²) in [6.45, 7) is 0. The highest BCUT2D eigenvalue weighted by molar-refractivity contribution is 9.10. The Bertz CT molecular complexity index is 706. The minimum atomic E-state index is -1.09. The molecule has 2 aromatic carbocycles. The van der Waals surface area contributed by atoms with Gasteiger partial charge in [-0.3, -0.25) is 0 Å². The number of amides is 2. The molecule has 0 aliphatic rings. The second-order valence-electron chi connectivity index (χ2n) is 4.06. The van der Waals surface area contributed by atoms with Crippen molar-refractivity contribution >= 4 is 50.9 Å². The van der Waals surface area contributed by atoms with Crippen LogP contribution in [0.3, 0.4) is 0 Å². The lowest BCUT2D eigenvalue weighted by molar-refractivity contribution is 0.0696. The number of benzene rings is 2. The van der Waals surface area contributed by atoms with E-state index in [1.807, 2.05) is 0 Å². The van der Waals surface area contributed by atoms with Crippen LogP contribution in [0.15, 0.2) is 46.9 Å². The van der Waals surface area contributed by atoms with Crippen LogP contribution in [-0.4, -0.2) is 17.1 Å². The molecule has 0 spiro atoms. The van der Waals surface area contributed by atoms with Gasteiger partial charge in [0.05, 0.1) is 16.3 Å². The van der Waals surface area contributed by atoms with E-state index in [0.29, 0.717) is 20.9 Å². The van der Waals surface area contributed by atoms with Crippen molar-refractivity contribution in [2.24, 2.45) is 0 Å². The third kappa shape index (κ3) is 3.96. The Labute approximate surface area is 134 Å². The molecule has 0 saturated carbocycles. The standard InChI is InChI=1S/C14H10BrClN2O3/c15-10-6-5-8(7-9(10)13(19)20)17-14(21)18-12-4-2-1-3-11(12)16/h1-7H,(H,19,20)(H2,17,18,21). The van der Waals surface area contributed by atoms with Crippen LogP contribution in [0, 0.1) is 0 Å². The van der Waals surface area contributed by atoms with Gasteiger partial charge in [-0.25, -0.2) is 9.59 Å². The number of hydrogen-bond donors (Lipinski definition) is 3. The van der Waals surface area contributed by atoms with Gasteiger partial charge in [0.1, 0.15) is 0 Å². The second kappa shape index (κ2) is 6.60. The summed E-state index contributed by atoms with van der Waals surface area (Å²) in [5.74, 6) is -1.09. The number of para-hydroxylation sites is 1. The lowest BCUT2D eigenvalue weighted by Crippen LogP contribution is -2.19. The molecule has 0 aliphatic heterocycles. The molecule has 5 nitrogen and oxygen atoms in total. The van der Waals surface area contributed by atoms with E-state index >= 15 is 0 Å². The van der Waals surface area contributed by atoms with E-state index in [1.54, 1.807) is 36.4 Å². The van der Waals surface area contributed by atoms with Crippen LogP contribution in [0.1, 0.15) is 10.4 Å². The Morgan fingerprint density at radius 2 is 1.81 bits per heavy atom. The van der Waals surface area contributed by atoms with Crippen molar-refractivity contribution in [3.63, 3.8) is 0 Å². The Morgan fingerprint density at radius 1 is 1.10 bits per heavy atom. The van der Waals surface area contributed by atoms with Crippen molar-refractivity contribution in [3.8, 4) is 0 Å². The molecule has 2 rings (SSSR count). The van der Waals surface area contributed by atoms with E-state index in [9.17, 15) is 9.59 Å². The topological polar surface area (TPSA) is 78.4 Å². The van der Waals surface area contributed by atoms with Gasteiger partial charge >= 0.3 is 12.0 Å². The molecule has 0 unspecified atom stereocenters. The number of aromatic carboxylic acids is 1. The predicted octanol–water partition coefficient (Wildman–Crippen LogP) is 4.44. The Balaban J connectivity index is 2.12. The van der Waals surface area contributed by atoms with Crippen molar-refractivity contribution in [2.45, 2.75) is 0 Å². The number of hydrogen-bond acceptors (Lipinski definition) is 2. The first kappa shape index (κ1) is 15.3. The van der Waals surface area contributed by atoms with Gasteiger partial charge in [-0.1, -0.05) is 23.7 Å². The van der Waals surface area contributed by atoms with Gasteiger partial charge in [0.2, 0.25) is 0 Å². The van der Waals surface area contributed by atoms with Crippen molar-refractivity contribution in [3.05, 3.63) is 57.5 Å². The summed E-state index contributed by atoms with van der Waals surface area (Å²) in [6, 6.07) is 10.8. The molecular formula is C14H10BrClN2O3. The molecule has 2 aromatic rings. The number of nitrogens with one attached hydrogen (secondary N) is 2. The zero-order valence-corrected chi connectivity index (χ0v) is 12.9. The van der Waals surface area contributed by atoms with E-state index in [1.165, 1.54) is 6.07 Å². The highest BCUT2D eigenvalue weighted by atomic mass is 79.9. The van der Waals surface area contributed by atoms with Crippen molar-refractivity contribution in [1.29, 1.82) is 0 Å². The van der Waals surface area contributed by atoms with Gasteiger partial charge in [0, 0.05) is 10.2 Å². The largest absolute Gasteiger partial charge is 0.478 e. The van der Waals surface area contributed by atoms with E-state index in [0.717, 1.165) is 0 Å². The molecule has 7 heteroatoms. The van der Waals surface area contributed by atoms with E-state index < -0.39 is 12.0 Å². The smallest absolute Gasteiger partial charge is 0.336 e. The molecular weight excluding hydrogens is 360 g/mol. The maximum atomic E-state index is 11.9. The molecule has 3 N–H and O–H groups in total. The van der Waals surface area contributed by atoms with Crippen LogP contribution in [0.5, 0.6) is 0 Å². The fraction of sp³-hybridized carbons (Fsp3) is 0.